The summed E-state index contributed by atoms with van der Waals surface area (Å²) < 4.78 is 28.6. The standard InChI is InChI=1S/C20H24INO9/c1-10(23)22-17-19(29-13(4)26)18(28-12(3)25)16(9-27-11(2)24)31-20(17)30-15-7-5-14(21)6-8-15/h5-8,16-20H,9H2,1-4H3,(H,22,23)/t16-,17+,18+,19-,20-/m0/s1. The molecule has 0 bridgehead atoms. The molecule has 11 heteroatoms. The van der Waals surface area contributed by atoms with Crippen LogP contribution in [0.3, 0.4) is 0 Å². The average Bonchev–Trinajstić information content (AvgIpc) is 2.65. The Labute approximate surface area is 193 Å². The number of hydrogen-bond donors (Lipinski definition) is 1. The van der Waals surface area contributed by atoms with Crippen molar-refractivity contribution in [3.8, 4) is 5.75 Å². The van der Waals surface area contributed by atoms with Gasteiger partial charge >= 0.3 is 17.9 Å². The van der Waals surface area contributed by atoms with Gasteiger partial charge in [-0.2, -0.15) is 0 Å². The van der Waals surface area contributed by atoms with E-state index in [9.17, 15) is 19.2 Å². The maximum Gasteiger partial charge on any atom is 0.303 e. The van der Waals surface area contributed by atoms with Crippen molar-refractivity contribution in [2.75, 3.05) is 6.61 Å². The van der Waals surface area contributed by atoms with Crippen molar-refractivity contribution >= 4 is 46.4 Å². The fourth-order valence-corrected chi connectivity index (χ4v) is 3.40. The van der Waals surface area contributed by atoms with Crippen LogP contribution in [-0.4, -0.2) is 61.1 Å². The summed E-state index contributed by atoms with van der Waals surface area (Å²) in [5, 5.41) is 2.64. The van der Waals surface area contributed by atoms with Gasteiger partial charge in [0.25, 0.3) is 0 Å². The number of nitrogens with one attached hydrogen (secondary N) is 1. The number of esters is 3. The van der Waals surface area contributed by atoms with Gasteiger partial charge in [0.05, 0.1) is 0 Å². The van der Waals surface area contributed by atoms with Crippen LogP contribution in [0.15, 0.2) is 24.3 Å². The van der Waals surface area contributed by atoms with E-state index in [1.54, 1.807) is 12.1 Å². The third kappa shape index (κ3) is 7.65. The van der Waals surface area contributed by atoms with E-state index in [2.05, 4.69) is 27.9 Å². The summed E-state index contributed by atoms with van der Waals surface area (Å²) in [6.45, 7) is 4.56. The monoisotopic (exact) mass is 549 g/mol. The molecule has 1 fully saturated rings. The van der Waals surface area contributed by atoms with E-state index >= 15 is 0 Å². The Bertz CT molecular complexity index is 813. The van der Waals surface area contributed by atoms with Crippen LogP contribution in [-0.2, 0) is 38.1 Å². The molecule has 0 unspecified atom stereocenters. The molecule has 0 saturated carbocycles. The Morgan fingerprint density at radius 1 is 0.935 bits per heavy atom. The molecule has 0 aliphatic carbocycles. The Hall–Kier alpha value is -2.41. The molecule has 0 spiro atoms. The van der Waals surface area contributed by atoms with Crippen LogP contribution in [0.4, 0.5) is 0 Å². The second kappa shape index (κ2) is 11.3. The third-order valence-corrected chi connectivity index (χ3v) is 4.86. The Balaban J connectivity index is 2.43. The molecule has 1 saturated heterocycles. The first-order chi connectivity index (χ1) is 14.6. The topological polar surface area (TPSA) is 126 Å². The summed E-state index contributed by atoms with van der Waals surface area (Å²) in [6, 6.07) is 6.02. The van der Waals surface area contributed by atoms with Gasteiger partial charge in [-0.3, -0.25) is 19.2 Å². The van der Waals surface area contributed by atoms with Crippen molar-refractivity contribution in [2.24, 2.45) is 0 Å². The zero-order chi connectivity index (χ0) is 23.1. The molecular weight excluding hydrogens is 525 g/mol. The quantitative estimate of drug-likeness (QED) is 0.305. The van der Waals surface area contributed by atoms with E-state index in [1.807, 2.05) is 12.1 Å². The Kier molecular flexibility index (Phi) is 9.04. The molecule has 1 amide bonds. The van der Waals surface area contributed by atoms with Crippen LogP contribution in [0.1, 0.15) is 27.7 Å². The number of hydrogen-bond acceptors (Lipinski definition) is 9. The van der Waals surface area contributed by atoms with Crippen LogP contribution >= 0.6 is 22.6 Å². The van der Waals surface area contributed by atoms with Crippen LogP contribution in [0.5, 0.6) is 5.75 Å². The number of benzene rings is 1. The summed E-state index contributed by atoms with van der Waals surface area (Å²) in [4.78, 5) is 46.7. The van der Waals surface area contributed by atoms with Crippen molar-refractivity contribution in [1.29, 1.82) is 0 Å². The predicted molar refractivity (Wildman–Crippen MR) is 114 cm³/mol. The number of rotatable bonds is 7. The van der Waals surface area contributed by atoms with E-state index in [4.69, 9.17) is 23.7 Å². The minimum Gasteiger partial charge on any atom is -0.463 e. The Morgan fingerprint density at radius 2 is 1.52 bits per heavy atom. The fourth-order valence-electron chi connectivity index (χ4n) is 3.04. The lowest BCUT2D eigenvalue weighted by molar-refractivity contribution is -0.257. The fraction of sp³-hybridized carbons (Fsp3) is 0.500. The molecule has 10 nitrogen and oxygen atoms in total. The highest BCUT2D eigenvalue weighted by Gasteiger charge is 2.51. The van der Waals surface area contributed by atoms with Gasteiger partial charge in [-0.25, -0.2) is 0 Å². The first-order valence-corrected chi connectivity index (χ1v) is 10.5. The van der Waals surface area contributed by atoms with E-state index in [-0.39, 0.29) is 6.61 Å². The third-order valence-electron chi connectivity index (χ3n) is 4.14. The smallest absolute Gasteiger partial charge is 0.303 e. The molecule has 0 radical (unpaired) electrons. The van der Waals surface area contributed by atoms with Crippen molar-refractivity contribution in [1.82, 2.24) is 5.32 Å². The molecule has 1 heterocycles. The number of carbonyl (C=O) groups excluding carboxylic acids is 4. The molecule has 2 rings (SSSR count). The first-order valence-electron chi connectivity index (χ1n) is 9.39. The lowest BCUT2D eigenvalue weighted by atomic mass is 9.96. The van der Waals surface area contributed by atoms with Crippen LogP contribution in [0.25, 0.3) is 0 Å². The zero-order valence-corrected chi connectivity index (χ0v) is 19.6. The van der Waals surface area contributed by atoms with Gasteiger partial charge in [0.15, 0.2) is 12.2 Å². The highest BCUT2D eigenvalue weighted by Crippen LogP contribution is 2.29. The van der Waals surface area contributed by atoms with E-state index in [0.717, 1.165) is 3.57 Å². The summed E-state index contributed by atoms with van der Waals surface area (Å²) in [5.74, 6) is -1.93. The van der Waals surface area contributed by atoms with Crippen molar-refractivity contribution in [3.05, 3.63) is 27.8 Å². The minimum atomic E-state index is -1.16. The predicted octanol–water partition coefficient (Wildman–Crippen LogP) is 1.33. The summed E-state index contributed by atoms with van der Waals surface area (Å²) in [6.07, 6.45) is -4.47. The summed E-state index contributed by atoms with van der Waals surface area (Å²) in [5.41, 5.74) is 0. The molecule has 1 N–H and O–H groups in total. The summed E-state index contributed by atoms with van der Waals surface area (Å²) in [7, 11) is 0. The zero-order valence-electron chi connectivity index (χ0n) is 17.5. The molecule has 5 atom stereocenters. The Morgan fingerprint density at radius 3 is 2.03 bits per heavy atom. The van der Waals surface area contributed by atoms with Crippen LogP contribution in [0, 0.1) is 3.57 Å². The van der Waals surface area contributed by atoms with Gasteiger partial charge in [0.2, 0.25) is 12.2 Å². The molecule has 1 aromatic carbocycles. The minimum absolute atomic E-state index is 0.287. The molecule has 31 heavy (non-hydrogen) atoms. The second-order valence-corrected chi connectivity index (χ2v) is 8.04. The number of halogens is 1. The van der Waals surface area contributed by atoms with Gasteiger partial charge in [-0.15, -0.1) is 0 Å². The van der Waals surface area contributed by atoms with Gasteiger partial charge in [-0.05, 0) is 46.9 Å². The highest BCUT2D eigenvalue weighted by atomic mass is 127. The SMILES string of the molecule is CC(=O)N[C@H]1[C@@H](Oc2ccc(I)cc2)O[C@@H](COC(C)=O)[C@@H](OC(C)=O)[C@H]1OC(C)=O. The van der Waals surface area contributed by atoms with Crippen molar-refractivity contribution < 1.29 is 42.9 Å². The number of ether oxygens (including phenoxy) is 5. The maximum atomic E-state index is 11.9. The maximum absolute atomic E-state index is 11.9. The van der Waals surface area contributed by atoms with Gasteiger partial charge in [-0.1, -0.05) is 0 Å². The van der Waals surface area contributed by atoms with E-state index in [1.165, 1.54) is 27.7 Å². The number of carbonyl (C=O) groups is 4. The van der Waals surface area contributed by atoms with Gasteiger partial charge < -0.3 is 29.0 Å². The van der Waals surface area contributed by atoms with E-state index in [0.29, 0.717) is 5.75 Å². The lowest BCUT2D eigenvalue weighted by Gasteiger charge is -2.44. The van der Waals surface area contributed by atoms with Gasteiger partial charge in [0, 0.05) is 31.3 Å². The molecule has 0 aromatic heterocycles. The molecule has 1 aromatic rings. The van der Waals surface area contributed by atoms with E-state index < -0.39 is 54.5 Å². The lowest BCUT2D eigenvalue weighted by Crippen LogP contribution is -2.67. The molecule has 1 aliphatic heterocycles. The molecule has 1 aliphatic rings. The van der Waals surface area contributed by atoms with Crippen molar-refractivity contribution in [2.45, 2.75) is 58.3 Å². The molecular formula is C20H24INO9. The molecule has 170 valence electrons. The first kappa shape index (κ1) is 24.9. The van der Waals surface area contributed by atoms with Gasteiger partial charge in [0.1, 0.15) is 24.5 Å². The van der Waals surface area contributed by atoms with Crippen LogP contribution < -0.4 is 10.1 Å². The average molecular weight is 549 g/mol. The second-order valence-electron chi connectivity index (χ2n) is 6.79. The summed E-state index contributed by atoms with van der Waals surface area (Å²) >= 11 is 2.14. The highest BCUT2D eigenvalue weighted by molar-refractivity contribution is 14.1. The van der Waals surface area contributed by atoms with Crippen molar-refractivity contribution in [3.63, 3.8) is 0 Å². The number of amides is 1. The largest absolute Gasteiger partial charge is 0.463 e. The van der Waals surface area contributed by atoms with Crippen LogP contribution in [0.2, 0.25) is 0 Å². The normalized spacial score (nSPS) is 25.1.